The van der Waals surface area contributed by atoms with Crippen LogP contribution in [0.4, 0.5) is 5.69 Å². The summed E-state index contributed by atoms with van der Waals surface area (Å²) in [5, 5.41) is 0. The van der Waals surface area contributed by atoms with Crippen molar-refractivity contribution in [2.24, 2.45) is 17.4 Å². The summed E-state index contributed by atoms with van der Waals surface area (Å²) < 4.78 is 5.41. The fourth-order valence-corrected chi connectivity index (χ4v) is 2.65. The van der Waals surface area contributed by atoms with E-state index < -0.39 is 0 Å². The van der Waals surface area contributed by atoms with Gasteiger partial charge in [-0.1, -0.05) is 12.1 Å². The Morgan fingerprint density at radius 2 is 2.00 bits per heavy atom. The van der Waals surface area contributed by atoms with Crippen molar-refractivity contribution in [1.29, 1.82) is 0 Å². The Hall–Kier alpha value is -1.26. The largest absolute Gasteiger partial charge is 0.495 e. The number of piperidine rings is 1. The van der Waals surface area contributed by atoms with Crippen LogP contribution in [0, 0.1) is 5.92 Å². The van der Waals surface area contributed by atoms with Gasteiger partial charge in [0.15, 0.2) is 0 Å². The standard InChI is InChI=1S/C14H23N3O/c1-18-14-5-3-2-4-13(14)17-8-6-11(7-9-17)12(16)10-15/h2-5,11-12H,6-10,15-16H2,1H3. The lowest BCUT2D eigenvalue weighted by Gasteiger charge is -2.36. The molecule has 1 atom stereocenters. The highest BCUT2D eigenvalue weighted by molar-refractivity contribution is 5.58. The smallest absolute Gasteiger partial charge is 0.142 e. The molecule has 0 saturated carbocycles. The molecule has 0 radical (unpaired) electrons. The van der Waals surface area contributed by atoms with Gasteiger partial charge in [0.2, 0.25) is 0 Å². The summed E-state index contributed by atoms with van der Waals surface area (Å²) in [6, 6.07) is 8.31. The van der Waals surface area contributed by atoms with Gasteiger partial charge in [0.1, 0.15) is 5.75 Å². The van der Waals surface area contributed by atoms with Crippen molar-refractivity contribution in [3.63, 3.8) is 0 Å². The molecule has 0 aromatic heterocycles. The van der Waals surface area contributed by atoms with Gasteiger partial charge in [0.25, 0.3) is 0 Å². The van der Waals surface area contributed by atoms with E-state index in [9.17, 15) is 0 Å². The highest BCUT2D eigenvalue weighted by Crippen LogP contribution is 2.31. The molecule has 0 amide bonds. The van der Waals surface area contributed by atoms with Crippen molar-refractivity contribution >= 4 is 5.69 Å². The van der Waals surface area contributed by atoms with E-state index in [1.54, 1.807) is 7.11 Å². The monoisotopic (exact) mass is 249 g/mol. The second kappa shape index (κ2) is 6.07. The third-order valence-corrected chi connectivity index (χ3v) is 3.84. The van der Waals surface area contributed by atoms with Gasteiger partial charge in [-0.25, -0.2) is 0 Å². The van der Waals surface area contributed by atoms with Crippen LogP contribution in [0.25, 0.3) is 0 Å². The van der Waals surface area contributed by atoms with E-state index in [-0.39, 0.29) is 6.04 Å². The number of benzene rings is 1. The molecular weight excluding hydrogens is 226 g/mol. The molecule has 100 valence electrons. The molecule has 1 aliphatic heterocycles. The van der Waals surface area contributed by atoms with Crippen LogP contribution in [0.5, 0.6) is 5.75 Å². The van der Waals surface area contributed by atoms with Crippen LogP contribution >= 0.6 is 0 Å². The minimum atomic E-state index is 0.143. The summed E-state index contributed by atoms with van der Waals surface area (Å²) >= 11 is 0. The zero-order valence-corrected chi connectivity index (χ0v) is 11.0. The topological polar surface area (TPSA) is 64.5 Å². The molecule has 4 N–H and O–H groups in total. The Balaban J connectivity index is 2.01. The molecule has 0 aliphatic carbocycles. The zero-order valence-electron chi connectivity index (χ0n) is 11.0. The number of rotatable bonds is 4. The number of hydrogen-bond acceptors (Lipinski definition) is 4. The average molecular weight is 249 g/mol. The van der Waals surface area contributed by atoms with Gasteiger partial charge in [-0.2, -0.15) is 0 Å². The summed E-state index contributed by atoms with van der Waals surface area (Å²) in [6.07, 6.45) is 2.22. The molecule has 1 saturated heterocycles. The Kier molecular flexibility index (Phi) is 4.44. The van der Waals surface area contributed by atoms with Crippen LogP contribution in [-0.2, 0) is 0 Å². The fourth-order valence-electron chi connectivity index (χ4n) is 2.65. The van der Waals surface area contributed by atoms with Crippen LogP contribution in [0.1, 0.15) is 12.8 Å². The summed E-state index contributed by atoms with van der Waals surface area (Å²) in [7, 11) is 1.72. The number of nitrogens with zero attached hydrogens (tertiary/aromatic N) is 1. The molecule has 0 bridgehead atoms. The van der Waals surface area contributed by atoms with Crippen LogP contribution in [0.2, 0.25) is 0 Å². The number of hydrogen-bond donors (Lipinski definition) is 2. The van der Waals surface area contributed by atoms with Crippen molar-refractivity contribution in [3.8, 4) is 5.75 Å². The highest BCUT2D eigenvalue weighted by Gasteiger charge is 2.24. The number of anilines is 1. The second-order valence-electron chi connectivity index (χ2n) is 4.90. The van der Waals surface area contributed by atoms with Gasteiger partial charge in [-0.05, 0) is 30.9 Å². The molecule has 4 heteroatoms. The fraction of sp³-hybridized carbons (Fsp3) is 0.571. The molecular formula is C14H23N3O. The van der Waals surface area contributed by atoms with E-state index >= 15 is 0 Å². The minimum Gasteiger partial charge on any atom is -0.495 e. The van der Waals surface area contributed by atoms with Crippen molar-refractivity contribution in [2.75, 3.05) is 31.6 Å². The lowest BCUT2D eigenvalue weighted by atomic mass is 9.89. The van der Waals surface area contributed by atoms with Gasteiger partial charge < -0.3 is 21.1 Å². The van der Waals surface area contributed by atoms with Gasteiger partial charge in [0, 0.05) is 25.7 Å². The molecule has 2 rings (SSSR count). The molecule has 18 heavy (non-hydrogen) atoms. The SMILES string of the molecule is COc1ccccc1N1CCC(C(N)CN)CC1. The third kappa shape index (κ3) is 2.76. The third-order valence-electron chi connectivity index (χ3n) is 3.84. The van der Waals surface area contributed by atoms with Crippen molar-refractivity contribution in [2.45, 2.75) is 18.9 Å². The number of nitrogens with two attached hydrogens (primary N) is 2. The minimum absolute atomic E-state index is 0.143. The lowest BCUT2D eigenvalue weighted by Crippen LogP contribution is -2.44. The first-order chi connectivity index (χ1) is 8.76. The maximum atomic E-state index is 6.02. The molecule has 1 aromatic carbocycles. The summed E-state index contributed by atoms with van der Waals surface area (Å²) in [5.74, 6) is 1.50. The predicted molar refractivity (Wildman–Crippen MR) is 75.0 cm³/mol. The van der Waals surface area contributed by atoms with Crippen LogP contribution in [-0.4, -0.2) is 32.8 Å². The average Bonchev–Trinajstić information content (AvgIpc) is 2.46. The maximum Gasteiger partial charge on any atom is 0.142 e. The number of para-hydroxylation sites is 2. The molecule has 1 unspecified atom stereocenters. The van der Waals surface area contributed by atoms with E-state index in [0.717, 1.165) is 31.7 Å². The Bertz CT molecular complexity index is 375. The van der Waals surface area contributed by atoms with Gasteiger partial charge in [-0.15, -0.1) is 0 Å². The quantitative estimate of drug-likeness (QED) is 0.841. The van der Waals surface area contributed by atoms with Crippen LogP contribution in [0.3, 0.4) is 0 Å². The first-order valence-electron chi connectivity index (χ1n) is 6.60. The summed E-state index contributed by atoms with van der Waals surface area (Å²) in [4.78, 5) is 2.37. The first-order valence-corrected chi connectivity index (χ1v) is 6.60. The molecule has 1 heterocycles. The lowest BCUT2D eigenvalue weighted by molar-refractivity contribution is 0.341. The van der Waals surface area contributed by atoms with E-state index in [2.05, 4.69) is 17.0 Å². The number of methoxy groups -OCH3 is 1. The van der Waals surface area contributed by atoms with Crippen molar-refractivity contribution < 1.29 is 4.74 Å². The first kappa shape index (κ1) is 13.2. The summed E-state index contributed by atoms with van der Waals surface area (Å²) in [6.45, 7) is 2.64. The van der Waals surface area contributed by atoms with E-state index in [4.69, 9.17) is 16.2 Å². The molecule has 1 aromatic rings. The zero-order chi connectivity index (χ0) is 13.0. The highest BCUT2D eigenvalue weighted by atomic mass is 16.5. The van der Waals surface area contributed by atoms with E-state index in [1.807, 2.05) is 12.1 Å². The van der Waals surface area contributed by atoms with E-state index in [0.29, 0.717) is 12.5 Å². The Labute approximate surface area is 109 Å². The molecule has 4 nitrogen and oxygen atoms in total. The molecule has 1 aliphatic rings. The van der Waals surface area contributed by atoms with Gasteiger partial charge >= 0.3 is 0 Å². The van der Waals surface area contributed by atoms with Crippen molar-refractivity contribution in [3.05, 3.63) is 24.3 Å². The molecule has 0 spiro atoms. The van der Waals surface area contributed by atoms with Crippen LogP contribution in [0.15, 0.2) is 24.3 Å². The normalized spacial score (nSPS) is 18.7. The van der Waals surface area contributed by atoms with Gasteiger partial charge in [0.05, 0.1) is 12.8 Å². The maximum absolute atomic E-state index is 6.02. The Morgan fingerprint density at radius 3 is 2.61 bits per heavy atom. The Morgan fingerprint density at radius 1 is 1.33 bits per heavy atom. The summed E-state index contributed by atoms with van der Waals surface area (Å²) in [5.41, 5.74) is 12.8. The predicted octanol–water partition coefficient (Wildman–Crippen LogP) is 1.20. The van der Waals surface area contributed by atoms with Crippen LogP contribution < -0.4 is 21.1 Å². The van der Waals surface area contributed by atoms with E-state index in [1.165, 1.54) is 5.69 Å². The van der Waals surface area contributed by atoms with Crippen molar-refractivity contribution in [1.82, 2.24) is 0 Å². The molecule has 1 fully saturated rings. The number of ether oxygens (including phenoxy) is 1. The second-order valence-corrected chi connectivity index (χ2v) is 4.90. The van der Waals surface area contributed by atoms with Gasteiger partial charge in [-0.3, -0.25) is 0 Å².